The summed E-state index contributed by atoms with van der Waals surface area (Å²) in [4.78, 5) is 34.5. The quantitative estimate of drug-likeness (QED) is 0.850. The Morgan fingerprint density at radius 2 is 2.00 bits per heavy atom. The van der Waals surface area contributed by atoms with E-state index in [-0.39, 0.29) is 24.2 Å². The van der Waals surface area contributed by atoms with E-state index >= 15 is 0 Å². The van der Waals surface area contributed by atoms with Crippen LogP contribution in [0, 0.1) is 11.7 Å². The predicted octanol–water partition coefficient (Wildman–Crippen LogP) is 0.961. The van der Waals surface area contributed by atoms with Gasteiger partial charge >= 0.3 is 11.9 Å². The zero-order valence-corrected chi connectivity index (χ0v) is 9.67. The highest BCUT2D eigenvalue weighted by molar-refractivity contribution is 6.04. The van der Waals surface area contributed by atoms with Gasteiger partial charge in [-0.3, -0.25) is 9.59 Å². The molecule has 6 nitrogen and oxygen atoms in total. The fraction of sp³-hybridized carbons (Fsp3) is 0.250. The van der Waals surface area contributed by atoms with E-state index in [0.717, 1.165) is 11.0 Å². The molecule has 0 radical (unpaired) electrons. The van der Waals surface area contributed by atoms with Gasteiger partial charge in [0.15, 0.2) is 0 Å². The molecule has 0 saturated carbocycles. The summed E-state index contributed by atoms with van der Waals surface area (Å²) in [6.45, 7) is -0.227. The first kappa shape index (κ1) is 13.0. The van der Waals surface area contributed by atoms with Crippen LogP contribution >= 0.6 is 0 Å². The van der Waals surface area contributed by atoms with Crippen LogP contribution in [0.1, 0.15) is 16.8 Å². The average molecular weight is 267 g/mol. The van der Waals surface area contributed by atoms with Gasteiger partial charge in [0.25, 0.3) is 0 Å². The second-order valence-corrected chi connectivity index (χ2v) is 4.18. The molecule has 1 aromatic carbocycles. The van der Waals surface area contributed by atoms with Crippen LogP contribution in [-0.2, 0) is 9.59 Å². The summed E-state index contributed by atoms with van der Waals surface area (Å²) >= 11 is 0. The maximum absolute atomic E-state index is 13.8. The van der Waals surface area contributed by atoms with Crippen LogP contribution < -0.4 is 4.90 Å². The monoisotopic (exact) mass is 267 g/mol. The number of aliphatic carboxylic acids is 1. The highest BCUT2D eigenvalue weighted by Gasteiger charge is 2.37. The van der Waals surface area contributed by atoms with E-state index in [1.165, 1.54) is 12.1 Å². The molecule has 0 spiro atoms. The maximum atomic E-state index is 13.8. The minimum absolute atomic E-state index is 0.227. The van der Waals surface area contributed by atoms with E-state index in [4.69, 9.17) is 10.2 Å². The Labute approximate surface area is 107 Å². The lowest BCUT2D eigenvalue weighted by molar-refractivity contribution is -0.141. The molecule has 0 aromatic heterocycles. The van der Waals surface area contributed by atoms with Crippen molar-refractivity contribution in [2.45, 2.75) is 6.42 Å². The zero-order chi connectivity index (χ0) is 14.2. The van der Waals surface area contributed by atoms with Crippen molar-refractivity contribution in [3.05, 3.63) is 29.6 Å². The first-order chi connectivity index (χ1) is 8.91. The second kappa shape index (κ2) is 4.68. The van der Waals surface area contributed by atoms with Gasteiger partial charge in [-0.05, 0) is 12.1 Å². The minimum Gasteiger partial charge on any atom is -0.481 e. The zero-order valence-electron chi connectivity index (χ0n) is 9.67. The van der Waals surface area contributed by atoms with Gasteiger partial charge < -0.3 is 15.1 Å². The Hall–Kier alpha value is -2.44. The van der Waals surface area contributed by atoms with E-state index in [0.29, 0.717) is 0 Å². The molecule has 7 heteroatoms. The van der Waals surface area contributed by atoms with Gasteiger partial charge in [0.1, 0.15) is 5.82 Å². The van der Waals surface area contributed by atoms with Crippen molar-refractivity contribution in [3.8, 4) is 0 Å². The van der Waals surface area contributed by atoms with E-state index in [1.54, 1.807) is 0 Å². The highest BCUT2D eigenvalue weighted by atomic mass is 19.1. The molecule has 2 rings (SSSR count). The van der Waals surface area contributed by atoms with Crippen molar-refractivity contribution < 1.29 is 29.0 Å². The lowest BCUT2D eigenvalue weighted by Gasteiger charge is -2.19. The van der Waals surface area contributed by atoms with Crippen LogP contribution in [-0.4, -0.2) is 34.6 Å². The fourth-order valence-electron chi connectivity index (χ4n) is 2.05. The van der Waals surface area contributed by atoms with Gasteiger partial charge in [-0.1, -0.05) is 6.07 Å². The van der Waals surface area contributed by atoms with Crippen molar-refractivity contribution in [2.75, 3.05) is 11.4 Å². The van der Waals surface area contributed by atoms with Crippen LogP contribution in [0.2, 0.25) is 0 Å². The van der Waals surface area contributed by atoms with Gasteiger partial charge in [-0.25, -0.2) is 9.18 Å². The average Bonchev–Trinajstić information content (AvgIpc) is 2.71. The summed E-state index contributed by atoms with van der Waals surface area (Å²) in [5.41, 5.74) is -0.733. The third kappa shape index (κ3) is 2.26. The second-order valence-electron chi connectivity index (χ2n) is 4.18. The summed E-state index contributed by atoms with van der Waals surface area (Å²) in [7, 11) is 0. The van der Waals surface area contributed by atoms with Crippen LogP contribution in [0.5, 0.6) is 0 Å². The number of amides is 1. The molecule has 1 fully saturated rings. The van der Waals surface area contributed by atoms with Crippen molar-refractivity contribution in [2.24, 2.45) is 5.92 Å². The number of carbonyl (C=O) groups is 3. The smallest absolute Gasteiger partial charge is 0.337 e. The molecule has 1 heterocycles. The number of anilines is 1. The van der Waals surface area contributed by atoms with Crippen LogP contribution in [0.4, 0.5) is 10.1 Å². The van der Waals surface area contributed by atoms with Crippen LogP contribution in [0.15, 0.2) is 18.2 Å². The number of carboxylic acid groups (broad SMARTS) is 2. The Kier molecular flexibility index (Phi) is 3.20. The molecule has 1 atom stereocenters. The fourth-order valence-corrected chi connectivity index (χ4v) is 2.05. The lowest BCUT2D eigenvalue weighted by atomic mass is 10.1. The molecular formula is C12H10FNO5. The molecule has 2 N–H and O–H groups in total. The van der Waals surface area contributed by atoms with Gasteiger partial charge in [-0.15, -0.1) is 0 Å². The maximum Gasteiger partial charge on any atom is 0.337 e. The van der Waals surface area contributed by atoms with Gasteiger partial charge in [0.05, 0.1) is 17.2 Å². The van der Waals surface area contributed by atoms with Crippen LogP contribution in [0.25, 0.3) is 0 Å². The number of halogens is 1. The first-order valence-electron chi connectivity index (χ1n) is 5.46. The number of benzene rings is 1. The molecule has 1 saturated heterocycles. The van der Waals surface area contributed by atoms with Gasteiger partial charge in [-0.2, -0.15) is 0 Å². The number of rotatable bonds is 3. The molecule has 100 valence electrons. The SMILES string of the molecule is O=C(O)c1cccc(F)c1N1CC(C(=O)O)CC1=O. The normalized spacial score (nSPS) is 18.7. The third-order valence-corrected chi connectivity index (χ3v) is 2.96. The summed E-state index contributed by atoms with van der Waals surface area (Å²) < 4.78 is 13.8. The largest absolute Gasteiger partial charge is 0.481 e. The Balaban J connectivity index is 2.45. The summed E-state index contributed by atoms with van der Waals surface area (Å²) in [5, 5.41) is 17.8. The number of aromatic carboxylic acids is 1. The molecular weight excluding hydrogens is 257 g/mol. The van der Waals surface area contributed by atoms with Gasteiger partial charge in [0, 0.05) is 13.0 Å². The Morgan fingerprint density at radius 3 is 2.53 bits per heavy atom. The van der Waals surface area contributed by atoms with E-state index < -0.39 is 29.6 Å². The third-order valence-electron chi connectivity index (χ3n) is 2.96. The standard InChI is InChI=1S/C12H10FNO5/c13-8-3-1-2-7(12(18)19)10(8)14-5-6(11(16)17)4-9(14)15/h1-3,6H,4-5H2,(H,16,17)(H,18,19). The number of nitrogens with zero attached hydrogens (tertiary/aromatic N) is 1. The number of hydrogen-bond acceptors (Lipinski definition) is 3. The first-order valence-corrected chi connectivity index (χ1v) is 5.46. The van der Waals surface area contributed by atoms with E-state index in [1.807, 2.05) is 0 Å². The number of carbonyl (C=O) groups excluding carboxylic acids is 1. The summed E-state index contributed by atoms with van der Waals surface area (Å²) in [6.07, 6.45) is -0.261. The molecule has 1 aromatic rings. The number of hydrogen-bond donors (Lipinski definition) is 2. The van der Waals surface area contributed by atoms with Crippen molar-refractivity contribution in [3.63, 3.8) is 0 Å². The van der Waals surface area contributed by atoms with Gasteiger partial charge in [0.2, 0.25) is 5.91 Å². The Bertz CT molecular complexity index is 571. The molecule has 19 heavy (non-hydrogen) atoms. The van der Waals surface area contributed by atoms with E-state index in [9.17, 15) is 18.8 Å². The summed E-state index contributed by atoms with van der Waals surface area (Å²) in [6, 6.07) is 3.42. The molecule has 0 bridgehead atoms. The Morgan fingerprint density at radius 1 is 1.32 bits per heavy atom. The molecule has 1 amide bonds. The highest BCUT2D eigenvalue weighted by Crippen LogP contribution is 2.30. The lowest BCUT2D eigenvalue weighted by Crippen LogP contribution is -2.28. The van der Waals surface area contributed by atoms with Crippen molar-refractivity contribution >= 4 is 23.5 Å². The molecule has 0 aliphatic carbocycles. The topological polar surface area (TPSA) is 94.9 Å². The van der Waals surface area contributed by atoms with Crippen molar-refractivity contribution in [1.82, 2.24) is 0 Å². The van der Waals surface area contributed by atoms with E-state index in [2.05, 4.69) is 0 Å². The minimum atomic E-state index is -1.37. The molecule has 1 aliphatic heterocycles. The molecule has 1 aliphatic rings. The molecule has 1 unspecified atom stereocenters. The van der Waals surface area contributed by atoms with Crippen molar-refractivity contribution in [1.29, 1.82) is 0 Å². The number of para-hydroxylation sites is 1. The van der Waals surface area contributed by atoms with Crippen LogP contribution in [0.3, 0.4) is 0 Å². The number of carboxylic acids is 2. The predicted molar refractivity (Wildman–Crippen MR) is 61.5 cm³/mol. The summed E-state index contributed by atoms with van der Waals surface area (Å²) in [5.74, 6) is -4.95.